The van der Waals surface area contributed by atoms with Gasteiger partial charge in [0, 0.05) is 12.0 Å². The van der Waals surface area contributed by atoms with Gasteiger partial charge in [0.2, 0.25) is 10.0 Å². The first-order chi connectivity index (χ1) is 14.3. The molecule has 154 valence electrons. The molecule has 1 amide bonds. The van der Waals surface area contributed by atoms with Crippen molar-refractivity contribution in [3.8, 4) is 0 Å². The third-order valence-corrected chi connectivity index (χ3v) is 6.09. The minimum absolute atomic E-state index is 0.261. The fourth-order valence-corrected chi connectivity index (χ4v) is 4.57. The highest BCUT2D eigenvalue weighted by Gasteiger charge is 2.34. The Morgan fingerprint density at radius 2 is 1.87 bits per heavy atom. The molecule has 0 saturated carbocycles. The highest BCUT2D eigenvalue weighted by atomic mass is 32.2. The maximum absolute atomic E-state index is 13.4. The van der Waals surface area contributed by atoms with Gasteiger partial charge in [-0.05, 0) is 35.2 Å². The molecular formula is C21H18FN3O3S2. The lowest BCUT2D eigenvalue weighted by atomic mass is 9.97. The molecule has 1 N–H and O–H groups in total. The van der Waals surface area contributed by atoms with Crippen LogP contribution in [0.15, 0.2) is 71.1 Å². The van der Waals surface area contributed by atoms with Gasteiger partial charge in [-0.3, -0.25) is 9.52 Å². The molecule has 0 spiro atoms. The largest absolute Gasteiger partial charge is 0.284 e. The molecule has 1 aromatic heterocycles. The predicted octanol–water partition coefficient (Wildman–Crippen LogP) is 4.25. The highest BCUT2D eigenvalue weighted by Crippen LogP contribution is 2.36. The lowest BCUT2D eigenvalue weighted by Crippen LogP contribution is -2.26. The molecule has 2 aromatic carbocycles. The number of halogens is 1. The Morgan fingerprint density at radius 3 is 2.53 bits per heavy atom. The van der Waals surface area contributed by atoms with E-state index in [2.05, 4.69) is 9.82 Å². The van der Waals surface area contributed by atoms with Crippen LogP contribution in [0.5, 0.6) is 0 Å². The Hall–Kier alpha value is -3.04. The quantitative estimate of drug-likeness (QED) is 0.640. The van der Waals surface area contributed by atoms with E-state index in [1.54, 1.807) is 48.5 Å². The van der Waals surface area contributed by atoms with Gasteiger partial charge in [0.25, 0.3) is 5.91 Å². The highest BCUT2D eigenvalue weighted by molar-refractivity contribution is 7.92. The van der Waals surface area contributed by atoms with E-state index in [-0.39, 0.29) is 11.7 Å². The van der Waals surface area contributed by atoms with Crippen molar-refractivity contribution >= 4 is 38.7 Å². The number of anilines is 1. The van der Waals surface area contributed by atoms with Gasteiger partial charge in [0.05, 0.1) is 28.6 Å². The Kier molecular flexibility index (Phi) is 5.40. The summed E-state index contributed by atoms with van der Waals surface area (Å²) in [7, 11) is -3.49. The van der Waals surface area contributed by atoms with Crippen molar-refractivity contribution in [1.29, 1.82) is 0 Å². The summed E-state index contributed by atoms with van der Waals surface area (Å²) >= 11 is 1.31. The van der Waals surface area contributed by atoms with Crippen molar-refractivity contribution in [3.05, 3.63) is 87.9 Å². The van der Waals surface area contributed by atoms with E-state index >= 15 is 0 Å². The molecule has 9 heteroatoms. The molecule has 0 radical (unpaired) electrons. The molecule has 1 aliphatic rings. The minimum atomic E-state index is -3.49. The number of hydrogen-bond donors (Lipinski definition) is 1. The van der Waals surface area contributed by atoms with E-state index in [4.69, 9.17) is 0 Å². The summed E-state index contributed by atoms with van der Waals surface area (Å²) in [5.74, 6) is -0.625. The Balaban J connectivity index is 1.76. The molecular weight excluding hydrogens is 425 g/mol. The van der Waals surface area contributed by atoms with Gasteiger partial charge >= 0.3 is 0 Å². The molecule has 0 bridgehead atoms. The molecule has 4 rings (SSSR count). The SMILES string of the molecule is CS(=O)(=O)Nc1ccccc1C1=NN(C(=O)c2cccs2)[C@H](c2ccc(F)cc2)C1. The second kappa shape index (κ2) is 8.00. The smallest absolute Gasteiger partial charge is 0.283 e. The van der Waals surface area contributed by atoms with Gasteiger partial charge in [-0.25, -0.2) is 17.8 Å². The van der Waals surface area contributed by atoms with Crippen LogP contribution in [0.4, 0.5) is 10.1 Å². The van der Waals surface area contributed by atoms with E-state index in [9.17, 15) is 17.6 Å². The summed E-state index contributed by atoms with van der Waals surface area (Å²) in [6.07, 6.45) is 1.44. The number of benzene rings is 2. The molecule has 1 aliphatic heterocycles. The number of para-hydroxylation sites is 1. The predicted molar refractivity (Wildman–Crippen MR) is 116 cm³/mol. The first-order valence-electron chi connectivity index (χ1n) is 9.09. The summed E-state index contributed by atoms with van der Waals surface area (Å²) in [5, 5.41) is 7.77. The summed E-state index contributed by atoms with van der Waals surface area (Å²) in [6.45, 7) is 0. The summed E-state index contributed by atoms with van der Waals surface area (Å²) in [5.41, 5.74) is 2.30. The van der Waals surface area contributed by atoms with Crippen LogP contribution in [-0.2, 0) is 10.0 Å². The second-order valence-electron chi connectivity index (χ2n) is 6.87. The van der Waals surface area contributed by atoms with E-state index < -0.39 is 16.1 Å². The maximum atomic E-state index is 13.4. The van der Waals surface area contributed by atoms with Crippen LogP contribution in [0.3, 0.4) is 0 Å². The zero-order valence-corrected chi connectivity index (χ0v) is 17.6. The van der Waals surface area contributed by atoms with E-state index in [0.717, 1.165) is 11.8 Å². The number of thiophene rings is 1. The maximum Gasteiger partial charge on any atom is 0.284 e. The van der Waals surface area contributed by atoms with E-state index in [1.165, 1.54) is 28.5 Å². The summed E-state index contributed by atoms with van der Waals surface area (Å²) in [4.78, 5) is 13.6. The molecule has 3 aromatic rings. The Morgan fingerprint density at radius 1 is 1.13 bits per heavy atom. The molecule has 0 aliphatic carbocycles. The number of hydrazone groups is 1. The number of nitrogens with zero attached hydrogens (tertiary/aromatic N) is 2. The first-order valence-corrected chi connectivity index (χ1v) is 11.9. The molecule has 6 nitrogen and oxygen atoms in total. The average molecular weight is 444 g/mol. The van der Waals surface area contributed by atoms with E-state index in [0.29, 0.717) is 28.3 Å². The lowest BCUT2D eigenvalue weighted by molar-refractivity contribution is 0.0716. The zero-order chi connectivity index (χ0) is 21.3. The number of hydrogen-bond acceptors (Lipinski definition) is 5. The average Bonchev–Trinajstić information content (AvgIpc) is 3.38. The summed E-state index contributed by atoms with van der Waals surface area (Å²) in [6, 6.07) is 15.9. The lowest BCUT2D eigenvalue weighted by Gasteiger charge is -2.21. The van der Waals surface area contributed by atoms with Gasteiger partial charge in [0.15, 0.2) is 0 Å². The number of rotatable bonds is 5. The molecule has 2 heterocycles. The van der Waals surface area contributed by atoms with Gasteiger partial charge in [0.1, 0.15) is 5.82 Å². The molecule has 1 atom stereocenters. The van der Waals surface area contributed by atoms with Crippen LogP contribution >= 0.6 is 11.3 Å². The van der Waals surface area contributed by atoms with Crippen molar-refractivity contribution in [3.63, 3.8) is 0 Å². The minimum Gasteiger partial charge on any atom is -0.283 e. The molecule has 30 heavy (non-hydrogen) atoms. The van der Waals surface area contributed by atoms with Gasteiger partial charge in [-0.1, -0.05) is 36.4 Å². The van der Waals surface area contributed by atoms with Gasteiger partial charge < -0.3 is 0 Å². The van der Waals surface area contributed by atoms with Gasteiger partial charge in [-0.15, -0.1) is 11.3 Å². The van der Waals surface area contributed by atoms with E-state index in [1.807, 2.05) is 5.38 Å². The number of nitrogens with one attached hydrogen (secondary N) is 1. The van der Waals surface area contributed by atoms with Gasteiger partial charge in [-0.2, -0.15) is 5.10 Å². The van der Waals surface area contributed by atoms with Crippen LogP contribution in [0.25, 0.3) is 0 Å². The number of amides is 1. The van der Waals surface area contributed by atoms with Crippen LogP contribution in [0.1, 0.15) is 33.3 Å². The van der Waals surface area contributed by atoms with Crippen molar-refractivity contribution in [1.82, 2.24) is 5.01 Å². The Bertz CT molecular complexity index is 1210. The molecule has 0 fully saturated rings. The number of carbonyl (C=O) groups is 1. The fraction of sp³-hybridized carbons (Fsp3) is 0.143. The topological polar surface area (TPSA) is 78.8 Å². The standard InChI is InChI=1S/C21H18FN3O3S2/c1-30(27,28)24-17-6-3-2-5-16(17)18-13-19(14-8-10-15(22)11-9-14)25(23-18)21(26)20-7-4-12-29-20/h2-12,19,24H,13H2,1H3/t19-/m0/s1. The third-order valence-electron chi connectivity index (χ3n) is 4.64. The van der Waals surface area contributed by atoms with Crippen LogP contribution in [0.2, 0.25) is 0 Å². The van der Waals surface area contributed by atoms with Crippen LogP contribution in [-0.4, -0.2) is 31.3 Å². The number of sulfonamides is 1. The van der Waals surface area contributed by atoms with Crippen molar-refractivity contribution in [2.24, 2.45) is 5.10 Å². The Labute approximate surface area is 177 Å². The monoisotopic (exact) mass is 443 g/mol. The van der Waals surface area contributed by atoms with Crippen LogP contribution < -0.4 is 4.72 Å². The normalized spacial score (nSPS) is 16.4. The molecule has 0 unspecified atom stereocenters. The van der Waals surface area contributed by atoms with Crippen LogP contribution in [0, 0.1) is 5.82 Å². The zero-order valence-electron chi connectivity index (χ0n) is 15.9. The third kappa shape index (κ3) is 4.27. The second-order valence-corrected chi connectivity index (χ2v) is 9.56. The number of carbonyl (C=O) groups excluding carboxylic acids is 1. The van der Waals surface area contributed by atoms with Crippen molar-refractivity contribution < 1.29 is 17.6 Å². The molecule has 0 saturated heterocycles. The fourth-order valence-electron chi connectivity index (χ4n) is 3.34. The summed E-state index contributed by atoms with van der Waals surface area (Å²) < 4.78 is 39.5. The van der Waals surface area contributed by atoms with Crippen molar-refractivity contribution in [2.45, 2.75) is 12.5 Å². The first kappa shape index (κ1) is 20.2. The van der Waals surface area contributed by atoms with Crippen molar-refractivity contribution in [2.75, 3.05) is 11.0 Å².